The van der Waals surface area contributed by atoms with Crippen molar-refractivity contribution < 1.29 is 4.39 Å². The van der Waals surface area contributed by atoms with Gasteiger partial charge >= 0.3 is 0 Å². The molecule has 2 aromatic heterocycles. The summed E-state index contributed by atoms with van der Waals surface area (Å²) in [5.41, 5.74) is 9.04. The van der Waals surface area contributed by atoms with Gasteiger partial charge in [-0.05, 0) is 38.4 Å². The average Bonchev–Trinajstić information content (AvgIpc) is 3.09. The first-order valence-electron chi connectivity index (χ1n) is 9.29. The molecular weight excluding hydrogens is 357 g/mol. The minimum Gasteiger partial charge on any atom is -0.368 e. The van der Waals surface area contributed by atoms with Crippen molar-refractivity contribution in [1.82, 2.24) is 29.3 Å². The largest absolute Gasteiger partial charge is 0.368 e. The molecule has 3 aromatic rings. The van der Waals surface area contributed by atoms with Gasteiger partial charge in [0.05, 0.1) is 17.7 Å². The summed E-state index contributed by atoms with van der Waals surface area (Å²) < 4.78 is 15.5. The normalized spacial score (nSPS) is 18.5. The molecule has 1 aliphatic rings. The molecule has 1 unspecified atom stereocenters. The molecule has 3 heterocycles. The van der Waals surface area contributed by atoms with Crippen molar-refractivity contribution in [2.75, 3.05) is 39.5 Å². The Kier molecular flexibility index (Phi) is 5.06. The van der Waals surface area contributed by atoms with Gasteiger partial charge in [0.15, 0.2) is 0 Å². The van der Waals surface area contributed by atoms with Gasteiger partial charge in [-0.3, -0.25) is 4.90 Å². The van der Waals surface area contributed by atoms with E-state index in [0.29, 0.717) is 6.04 Å². The summed E-state index contributed by atoms with van der Waals surface area (Å²) in [6, 6.07) is 6.74. The predicted molar refractivity (Wildman–Crippen MR) is 107 cm³/mol. The molecule has 1 aliphatic heterocycles. The summed E-state index contributed by atoms with van der Waals surface area (Å²) in [6.45, 7) is 3.87. The zero-order chi connectivity index (χ0) is 19.7. The number of hydrogen-bond acceptors (Lipinski definition) is 6. The molecule has 1 atom stereocenters. The van der Waals surface area contributed by atoms with Crippen LogP contribution in [0.5, 0.6) is 0 Å². The fraction of sp³-hybridized carbons (Fsp3) is 0.350. The molecule has 0 spiro atoms. The number of benzene rings is 1. The lowest BCUT2D eigenvalue weighted by molar-refractivity contribution is 0.103. The summed E-state index contributed by atoms with van der Waals surface area (Å²) in [5, 5.41) is 0. The first-order chi connectivity index (χ1) is 13.5. The van der Waals surface area contributed by atoms with Gasteiger partial charge < -0.3 is 15.2 Å². The molecule has 1 aromatic carbocycles. The monoisotopic (exact) mass is 381 g/mol. The second-order valence-electron chi connectivity index (χ2n) is 7.33. The Morgan fingerprint density at radius 1 is 1.04 bits per heavy atom. The van der Waals surface area contributed by atoms with Crippen LogP contribution >= 0.6 is 0 Å². The number of likely N-dealkylation sites (N-methyl/N-ethyl adjacent to an activating group) is 2. The maximum atomic E-state index is 13.4. The highest BCUT2D eigenvalue weighted by Crippen LogP contribution is 2.31. The predicted octanol–water partition coefficient (Wildman–Crippen LogP) is 1.97. The quantitative estimate of drug-likeness (QED) is 0.745. The first-order valence-corrected chi connectivity index (χ1v) is 9.29. The van der Waals surface area contributed by atoms with E-state index in [2.05, 4.69) is 43.4 Å². The van der Waals surface area contributed by atoms with E-state index in [4.69, 9.17) is 5.73 Å². The molecular formula is C20H24FN7. The van der Waals surface area contributed by atoms with Crippen LogP contribution in [0.2, 0.25) is 0 Å². The second kappa shape index (κ2) is 7.65. The van der Waals surface area contributed by atoms with Crippen LogP contribution in [-0.4, -0.2) is 69.1 Å². The van der Waals surface area contributed by atoms with E-state index in [9.17, 15) is 4.39 Å². The highest BCUT2D eigenvalue weighted by atomic mass is 19.1. The molecule has 146 valence electrons. The summed E-state index contributed by atoms with van der Waals surface area (Å²) in [5.74, 6) is -0.0424. The number of halogens is 1. The number of nitrogen functional groups attached to an aromatic ring is 1. The molecule has 0 aliphatic carbocycles. The Hall–Kier alpha value is -2.84. The van der Waals surface area contributed by atoms with Crippen molar-refractivity contribution in [2.45, 2.75) is 12.6 Å². The van der Waals surface area contributed by atoms with E-state index in [1.807, 2.05) is 6.33 Å². The van der Waals surface area contributed by atoms with E-state index in [0.717, 1.165) is 48.7 Å². The number of nitrogens with zero attached hydrogens (tertiary/aromatic N) is 6. The summed E-state index contributed by atoms with van der Waals surface area (Å²) in [6.07, 6.45) is 5.26. The zero-order valence-electron chi connectivity index (χ0n) is 16.1. The smallest absolute Gasteiger partial charge is 0.219 e. The number of nitrogens with two attached hydrogens (primary N) is 1. The van der Waals surface area contributed by atoms with Gasteiger partial charge in [0.2, 0.25) is 5.95 Å². The highest BCUT2D eigenvalue weighted by molar-refractivity contribution is 5.78. The molecule has 1 saturated heterocycles. The third-order valence-corrected chi connectivity index (χ3v) is 5.29. The number of piperazine rings is 1. The molecule has 7 nitrogen and oxygen atoms in total. The first kappa shape index (κ1) is 18.5. The van der Waals surface area contributed by atoms with Crippen LogP contribution in [0, 0.1) is 5.82 Å². The molecule has 0 saturated carbocycles. The number of imidazole rings is 1. The second-order valence-corrected chi connectivity index (χ2v) is 7.33. The van der Waals surface area contributed by atoms with Crippen molar-refractivity contribution in [1.29, 1.82) is 0 Å². The van der Waals surface area contributed by atoms with Crippen molar-refractivity contribution in [2.24, 2.45) is 0 Å². The van der Waals surface area contributed by atoms with Gasteiger partial charge in [-0.1, -0.05) is 0 Å². The number of rotatable bonds is 4. The Labute approximate surface area is 163 Å². The molecule has 4 rings (SSSR count). The van der Waals surface area contributed by atoms with Crippen LogP contribution in [0.15, 0.2) is 43.0 Å². The third-order valence-electron chi connectivity index (χ3n) is 5.29. The Morgan fingerprint density at radius 2 is 1.75 bits per heavy atom. The minimum atomic E-state index is -0.271. The zero-order valence-corrected chi connectivity index (χ0v) is 16.1. The van der Waals surface area contributed by atoms with Crippen LogP contribution in [0.4, 0.5) is 10.3 Å². The lowest BCUT2D eigenvalue weighted by atomic mass is 10.1. The number of anilines is 1. The minimum absolute atomic E-state index is 0.229. The van der Waals surface area contributed by atoms with Gasteiger partial charge in [0.1, 0.15) is 5.82 Å². The molecule has 0 bridgehead atoms. The maximum Gasteiger partial charge on any atom is 0.219 e. The van der Waals surface area contributed by atoms with Crippen molar-refractivity contribution in [3.05, 3.63) is 48.8 Å². The fourth-order valence-electron chi connectivity index (χ4n) is 3.63. The molecule has 8 heteroatoms. The Bertz CT molecular complexity index is 936. The van der Waals surface area contributed by atoms with Gasteiger partial charge in [0, 0.05) is 55.7 Å². The molecule has 0 amide bonds. The highest BCUT2D eigenvalue weighted by Gasteiger charge is 2.25. The molecule has 28 heavy (non-hydrogen) atoms. The van der Waals surface area contributed by atoms with E-state index in [-0.39, 0.29) is 11.8 Å². The van der Waals surface area contributed by atoms with Gasteiger partial charge in [-0.2, -0.15) is 0 Å². The van der Waals surface area contributed by atoms with Crippen LogP contribution in [0.3, 0.4) is 0 Å². The fourth-order valence-corrected chi connectivity index (χ4v) is 3.63. The average molecular weight is 381 g/mol. The number of hydrogen-bond donors (Lipinski definition) is 1. The van der Waals surface area contributed by atoms with Crippen molar-refractivity contribution in [3.8, 4) is 22.5 Å². The van der Waals surface area contributed by atoms with Crippen LogP contribution in [-0.2, 0) is 6.54 Å². The molecule has 2 N–H and O–H groups in total. The van der Waals surface area contributed by atoms with Crippen molar-refractivity contribution >= 4 is 5.95 Å². The van der Waals surface area contributed by atoms with Gasteiger partial charge in [-0.25, -0.2) is 19.3 Å². The standard InChI is InChI=1S/C20H24FN7/c1-26-7-8-27(2)17(11-26)12-28-13-25-18(14-3-5-16(21)6-4-14)19(28)15-9-23-20(22)24-10-15/h3-6,9-10,13,17H,7-8,11-12H2,1-2H3,(H2,22,23,24). The number of aromatic nitrogens is 4. The Balaban J connectivity index is 1.75. The van der Waals surface area contributed by atoms with Crippen molar-refractivity contribution in [3.63, 3.8) is 0 Å². The lowest BCUT2D eigenvalue weighted by Gasteiger charge is -2.38. The van der Waals surface area contributed by atoms with E-state index in [1.54, 1.807) is 24.5 Å². The third kappa shape index (κ3) is 3.74. The Morgan fingerprint density at radius 3 is 2.46 bits per heavy atom. The summed E-state index contributed by atoms with van der Waals surface area (Å²) >= 11 is 0. The van der Waals surface area contributed by atoms with Gasteiger partial charge in [-0.15, -0.1) is 0 Å². The topological polar surface area (TPSA) is 76.1 Å². The van der Waals surface area contributed by atoms with E-state index >= 15 is 0 Å². The van der Waals surface area contributed by atoms with E-state index < -0.39 is 0 Å². The van der Waals surface area contributed by atoms with Crippen LogP contribution in [0.25, 0.3) is 22.5 Å². The van der Waals surface area contributed by atoms with Crippen LogP contribution < -0.4 is 5.73 Å². The summed E-state index contributed by atoms with van der Waals surface area (Å²) in [7, 11) is 4.30. The van der Waals surface area contributed by atoms with Gasteiger partial charge in [0.25, 0.3) is 0 Å². The maximum absolute atomic E-state index is 13.4. The molecule has 1 fully saturated rings. The molecule has 0 radical (unpaired) electrons. The SMILES string of the molecule is CN1CCN(C)C(Cn2cnc(-c3ccc(F)cc3)c2-c2cnc(N)nc2)C1. The van der Waals surface area contributed by atoms with Crippen LogP contribution in [0.1, 0.15) is 0 Å². The van der Waals surface area contributed by atoms with E-state index in [1.165, 1.54) is 12.1 Å². The summed E-state index contributed by atoms with van der Waals surface area (Å²) in [4.78, 5) is 17.7. The lowest BCUT2D eigenvalue weighted by Crippen LogP contribution is -2.51.